The molecule has 1 N–H and O–H groups in total. The van der Waals surface area contributed by atoms with Crippen molar-refractivity contribution in [3.8, 4) is 0 Å². The van der Waals surface area contributed by atoms with E-state index in [0.717, 1.165) is 12.0 Å². The van der Waals surface area contributed by atoms with Gasteiger partial charge in [-0.05, 0) is 37.8 Å². The second kappa shape index (κ2) is 7.86. The maximum atomic E-state index is 14.0. The predicted octanol–water partition coefficient (Wildman–Crippen LogP) is 4.05. The van der Waals surface area contributed by atoms with Gasteiger partial charge in [0.15, 0.2) is 0 Å². The molecule has 150 valence electrons. The summed E-state index contributed by atoms with van der Waals surface area (Å²) in [7, 11) is 0. The minimum atomic E-state index is -0.647. The number of allylic oxidation sites excluding steroid dienone is 2. The number of carbonyl (C=O) groups excluding carboxylic acids is 2. The lowest BCUT2D eigenvalue weighted by molar-refractivity contribution is -0.144. The van der Waals surface area contributed by atoms with Gasteiger partial charge in [-0.2, -0.15) is 0 Å². The van der Waals surface area contributed by atoms with E-state index in [2.05, 4.69) is 31.3 Å². The van der Waals surface area contributed by atoms with Gasteiger partial charge in [0.05, 0.1) is 12.0 Å². The van der Waals surface area contributed by atoms with Crippen LogP contribution in [0.1, 0.15) is 43.7 Å². The van der Waals surface area contributed by atoms with E-state index in [-0.39, 0.29) is 24.3 Å². The van der Waals surface area contributed by atoms with Crippen molar-refractivity contribution in [2.45, 2.75) is 39.2 Å². The van der Waals surface area contributed by atoms with E-state index in [1.165, 1.54) is 16.7 Å². The molecule has 2 atom stereocenters. The molecule has 4 heteroatoms. The van der Waals surface area contributed by atoms with Crippen LogP contribution in [-0.4, -0.2) is 29.8 Å². The monoisotopic (exact) mass is 388 g/mol. The van der Waals surface area contributed by atoms with Crippen molar-refractivity contribution < 1.29 is 9.59 Å². The summed E-state index contributed by atoms with van der Waals surface area (Å²) >= 11 is 0. The molecule has 1 heterocycles. The summed E-state index contributed by atoms with van der Waals surface area (Å²) in [5.74, 6) is 0.0545. The molecule has 2 amide bonds. The van der Waals surface area contributed by atoms with Crippen LogP contribution in [-0.2, 0) is 16.1 Å². The molecule has 2 aromatic rings. The van der Waals surface area contributed by atoms with Crippen molar-refractivity contribution in [3.63, 3.8) is 0 Å². The van der Waals surface area contributed by atoms with Crippen LogP contribution in [0.25, 0.3) is 0 Å². The number of hydrogen-bond donors (Lipinski definition) is 1. The van der Waals surface area contributed by atoms with E-state index < -0.39 is 5.41 Å². The highest BCUT2D eigenvalue weighted by molar-refractivity contribution is 5.92. The Morgan fingerprint density at radius 1 is 0.966 bits per heavy atom. The lowest BCUT2D eigenvalue weighted by Gasteiger charge is -2.44. The average molecular weight is 389 g/mol. The van der Waals surface area contributed by atoms with Gasteiger partial charge in [0.2, 0.25) is 11.8 Å². The zero-order chi connectivity index (χ0) is 20.4. The van der Waals surface area contributed by atoms with Gasteiger partial charge in [0.25, 0.3) is 0 Å². The Kier molecular flexibility index (Phi) is 5.27. The molecule has 1 aliphatic carbocycles. The quantitative estimate of drug-likeness (QED) is 0.807. The minimum absolute atomic E-state index is 0.0524. The molecule has 4 rings (SSSR count). The molecule has 2 aliphatic rings. The fraction of sp³-hybridized carbons (Fsp3) is 0.360. The van der Waals surface area contributed by atoms with Gasteiger partial charge >= 0.3 is 0 Å². The summed E-state index contributed by atoms with van der Waals surface area (Å²) in [6.45, 7) is 5.25. The standard InChI is InChI=1S/C25H28N2O2/c1-18-13-22(21-11-7-4-8-12-21)25(14-19(18)2)17-26-23(28)16-27(24(25)29)15-20-9-5-3-6-10-20/h3-12,22H,13-17H2,1-2H3,(H,26,28)/t22-,25-/m0/s1. The first-order valence-corrected chi connectivity index (χ1v) is 10.3. The van der Waals surface area contributed by atoms with Crippen molar-refractivity contribution in [1.82, 2.24) is 10.2 Å². The number of nitrogens with zero attached hydrogens (tertiary/aromatic N) is 1. The van der Waals surface area contributed by atoms with Gasteiger partial charge in [-0.3, -0.25) is 9.59 Å². The fourth-order valence-corrected chi connectivity index (χ4v) is 4.84. The summed E-state index contributed by atoms with van der Waals surface area (Å²) in [4.78, 5) is 28.3. The lowest BCUT2D eigenvalue weighted by Crippen LogP contribution is -2.50. The third kappa shape index (κ3) is 3.71. The van der Waals surface area contributed by atoms with E-state index in [0.29, 0.717) is 19.5 Å². The molecule has 1 fully saturated rings. The molecule has 0 radical (unpaired) electrons. The third-order valence-electron chi connectivity index (χ3n) is 6.55. The minimum Gasteiger partial charge on any atom is -0.353 e. The summed E-state index contributed by atoms with van der Waals surface area (Å²) in [6.07, 6.45) is 1.53. The Morgan fingerprint density at radius 3 is 2.31 bits per heavy atom. The van der Waals surface area contributed by atoms with Crippen LogP contribution in [0.15, 0.2) is 71.8 Å². The second-order valence-electron chi connectivity index (χ2n) is 8.48. The Morgan fingerprint density at radius 2 is 1.62 bits per heavy atom. The first-order chi connectivity index (χ1) is 14.0. The van der Waals surface area contributed by atoms with E-state index in [9.17, 15) is 9.59 Å². The number of carbonyl (C=O) groups is 2. The summed E-state index contributed by atoms with van der Waals surface area (Å²) in [5.41, 5.74) is 4.18. The number of hydrogen-bond acceptors (Lipinski definition) is 2. The van der Waals surface area contributed by atoms with Crippen molar-refractivity contribution in [2.24, 2.45) is 5.41 Å². The first kappa shape index (κ1) is 19.4. The van der Waals surface area contributed by atoms with Crippen LogP contribution < -0.4 is 5.32 Å². The molecular formula is C25H28N2O2. The van der Waals surface area contributed by atoms with Gasteiger partial charge in [-0.1, -0.05) is 71.8 Å². The Bertz CT molecular complexity index is 936. The van der Waals surface area contributed by atoms with E-state index >= 15 is 0 Å². The topological polar surface area (TPSA) is 49.4 Å². The Hall–Kier alpha value is -2.88. The van der Waals surface area contributed by atoms with Crippen molar-refractivity contribution in [3.05, 3.63) is 82.9 Å². The Balaban J connectivity index is 1.77. The number of amides is 2. The molecule has 1 spiro atoms. The molecule has 0 saturated carbocycles. The van der Waals surface area contributed by atoms with Crippen LogP contribution in [0.4, 0.5) is 0 Å². The normalized spacial score (nSPS) is 25.2. The van der Waals surface area contributed by atoms with Crippen molar-refractivity contribution in [1.29, 1.82) is 0 Å². The highest BCUT2D eigenvalue weighted by Gasteiger charge is 2.51. The van der Waals surface area contributed by atoms with Gasteiger partial charge in [-0.25, -0.2) is 0 Å². The Labute approximate surface area is 172 Å². The van der Waals surface area contributed by atoms with Crippen LogP contribution in [0.3, 0.4) is 0 Å². The molecule has 0 aromatic heterocycles. The third-order valence-corrected chi connectivity index (χ3v) is 6.55. The molecule has 2 aromatic carbocycles. The zero-order valence-electron chi connectivity index (χ0n) is 17.2. The number of nitrogens with one attached hydrogen (secondary N) is 1. The average Bonchev–Trinajstić information content (AvgIpc) is 2.85. The van der Waals surface area contributed by atoms with Crippen LogP contribution in [0, 0.1) is 5.41 Å². The molecule has 29 heavy (non-hydrogen) atoms. The molecule has 4 nitrogen and oxygen atoms in total. The second-order valence-corrected chi connectivity index (χ2v) is 8.48. The largest absolute Gasteiger partial charge is 0.353 e. The summed E-state index contributed by atoms with van der Waals surface area (Å²) in [6, 6.07) is 20.2. The van der Waals surface area contributed by atoms with E-state index in [1.54, 1.807) is 4.90 Å². The van der Waals surface area contributed by atoms with E-state index in [1.807, 2.05) is 48.5 Å². The predicted molar refractivity (Wildman–Crippen MR) is 114 cm³/mol. The summed E-state index contributed by atoms with van der Waals surface area (Å²) < 4.78 is 0. The van der Waals surface area contributed by atoms with Gasteiger partial charge in [0, 0.05) is 19.0 Å². The van der Waals surface area contributed by atoms with E-state index in [4.69, 9.17) is 0 Å². The maximum absolute atomic E-state index is 14.0. The maximum Gasteiger partial charge on any atom is 0.239 e. The summed E-state index contributed by atoms with van der Waals surface area (Å²) in [5, 5.41) is 3.06. The first-order valence-electron chi connectivity index (χ1n) is 10.3. The smallest absolute Gasteiger partial charge is 0.239 e. The van der Waals surface area contributed by atoms with Crippen LogP contribution >= 0.6 is 0 Å². The molecular weight excluding hydrogens is 360 g/mol. The van der Waals surface area contributed by atoms with Gasteiger partial charge in [0.1, 0.15) is 0 Å². The highest BCUT2D eigenvalue weighted by Crippen LogP contribution is 2.50. The molecule has 1 saturated heterocycles. The highest BCUT2D eigenvalue weighted by atomic mass is 16.2. The molecule has 0 unspecified atom stereocenters. The fourth-order valence-electron chi connectivity index (χ4n) is 4.84. The van der Waals surface area contributed by atoms with Crippen LogP contribution in [0.2, 0.25) is 0 Å². The molecule has 1 aliphatic heterocycles. The lowest BCUT2D eigenvalue weighted by atomic mass is 9.61. The zero-order valence-corrected chi connectivity index (χ0v) is 17.2. The number of rotatable bonds is 3. The van der Waals surface area contributed by atoms with Gasteiger partial charge in [-0.15, -0.1) is 0 Å². The van der Waals surface area contributed by atoms with Crippen molar-refractivity contribution >= 4 is 11.8 Å². The van der Waals surface area contributed by atoms with Gasteiger partial charge < -0.3 is 10.2 Å². The van der Waals surface area contributed by atoms with Crippen LogP contribution in [0.5, 0.6) is 0 Å². The SMILES string of the molecule is CC1=C(C)C[C@]2(CNC(=O)CN(Cc3ccccc3)C2=O)[C@H](c2ccccc2)C1. The number of benzene rings is 2. The van der Waals surface area contributed by atoms with Crippen molar-refractivity contribution in [2.75, 3.05) is 13.1 Å². The molecule has 0 bridgehead atoms.